The van der Waals surface area contributed by atoms with Crippen molar-refractivity contribution in [2.24, 2.45) is 11.8 Å². The molecular formula is C21H37NO6. The van der Waals surface area contributed by atoms with Crippen molar-refractivity contribution in [3.05, 3.63) is 11.6 Å². The lowest BCUT2D eigenvalue weighted by molar-refractivity contribution is -0.159. The van der Waals surface area contributed by atoms with Gasteiger partial charge < -0.3 is 19.9 Å². The minimum absolute atomic E-state index is 0.0973. The average Bonchev–Trinajstić information content (AvgIpc) is 2.52. The third kappa shape index (κ3) is 14.1. The van der Waals surface area contributed by atoms with E-state index in [0.717, 1.165) is 12.8 Å². The number of rotatable bonds is 12. The van der Waals surface area contributed by atoms with E-state index in [1.54, 1.807) is 20.8 Å². The molecule has 0 fully saturated rings. The van der Waals surface area contributed by atoms with Gasteiger partial charge in [0, 0.05) is 6.54 Å². The summed E-state index contributed by atoms with van der Waals surface area (Å²) in [6, 6.07) is 0. The number of esters is 1. The summed E-state index contributed by atoms with van der Waals surface area (Å²) < 4.78 is 10.3. The molecule has 2 unspecified atom stereocenters. The third-order valence-electron chi connectivity index (χ3n) is 3.99. The number of ether oxygens (including phenoxy) is 2. The van der Waals surface area contributed by atoms with E-state index >= 15 is 0 Å². The summed E-state index contributed by atoms with van der Waals surface area (Å²) in [5.74, 6) is -2.76. The number of carboxylic acid groups (broad SMARTS) is 1. The minimum Gasteiger partial charge on any atom is -0.481 e. The molecule has 0 saturated heterocycles. The zero-order valence-electron chi connectivity index (χ0n) is 18.2. The molecule has 0 saturated carbocycles. The Bertz CT molecular complexity index is 532. The fourth-order valence-corrected chi connectivity index (χ4v) is 2.42. The summed E-state index contributed by atoms with van der Waals surface area (Å²) in [5, 5.41) is 11.8. The molecule has 7 nitrogen and oxygen atoms in total. The van der Waals surface area contributed by atoms with E-state index in [4.69, 9.17) is 9.47 Å². The molecular weight excluding hydrogens is 362 g/mol. The zero-order chi connectivity index (χ0) is 21.7. The summed E-state index contributed by atoms with van der Waals surface area (Å²) in [6.07, 6.45) is 4.73. The van der Waals surface area contributed by atoms with Crippen molar-refractivity contribution in [2.45, 2.75) is 79.2 Å². The van der Waals surface area contributed by atoms with Crippen LogP contribution in [0.5, 0.6) is 0 Å². The highest BCUT2D eigenvalue weighted by atomic mass is 16.6. The molecule has 0 aromatic carbocycles. The van der Waals surface area contributed by atoms with Gasteiger partial charge in [-0.15, -0.1) is 0 Å². The van der Waals surface area contributed by atoms with Gasteiger partial charge in [0.15, 0.2) is 5.92 Å². The van der Waals surface area contributed by atoms with Gasteiger partial charge in [0.05, 0.1) is 6.61 Å². The zero-order valence-corrected chi connectivity index (χ0v) is 18.2. The Balaban J connectivity index is 4.17. The van der Waals surface area contributed by atoms with E-state index in [1.165, 1.54) is 5.57 Å². The molecule has 0 rings (SSSR count). The molecule has 1 amide bonds. The van der Waals surface area contributed by atoms with Crippen LogP contribution in [0.3, 0.4) is 0 Å². The number of alkyl carbamates (subject to hydrolysis) is 1. The van der Waals surface area contributed by atoms with Gasteiger partial charge in [0.2, 0.25) is 0 Å². The van der Waals surface area contributed by atoms with E-state index in [-0.39, 0.29) is 19.6 Å². The highest BCUT2D eigenvalue weighted by Crippen LogP contribution is 2.14. The molecule has 0 bridgehead atoms. The number of allylic oxidation sites excluding steroid dienone is 2. The van der Waals surface area contributed by atoms with Crippen LogP contribution in [0.4, 0.5) is 4.79 Å². The lowest BCUT2D eigenvalue weighted by Crippen LogP contribution is -2.33. The van der Waals surface area contributed by atoms with Crippen molar-refractivity contribution < 1.29 is 29.0 Å². The van der Waals surface area contributed by atoms with Crippen molar-refractivity contribution in [3.63, 3.8) is 0 Å². The van der Waals surface area contributed by atoms with Crippen LogP contribution in [0.2, 0.25) is 0 Å². The molecule has 162 valence electrons. The van der Waals surface area contributed by atoms with E-state index in [2.05, 4.69) is 32.2 Å². The van der Waals surface area contributed by atoms with Crippen molar-refractivity contribution in [1.82, 2.24) is 5.32 Å². The third-order valence-corrected chi connectivity index (χ3v) is 3.99. The Hall–Kier alpha value is -2.05. The number of carbonyl (C=O) groups is 3. The normalized spacial score (nSPS) is 13.2. The van der Waals surface area contributed by atoms with Gasteiger partial charge in [0.1, 0.15) is 5.60 Å². The van der Waals surface area contributed by atoms with Crippen LogP contribution in [-0.4, -0.2) is 41.9 Å². The van der Waals surface area contributed by atoms with E-state index in [9.17, 15) is 19.5 Å². The Labute approximate surface area is 168 Å². The molecule has 0 spiro atoms. The Kier molecular flexibility index (Phi) is 12.2. The number of hydrogen-bond donors (Lipinski definition) is 2. The molecule has 0 aromatic heterocycles. The predicted molar refractivity (Wildman–Crippen MR) is 108 cm³/mol. The largest absolute Gasteiger partial charge is 0.481 e. The minimum atomic E-state index is -1.22. The first-order chi connectivity index (χ1) is 12.9. The molecule has 0 aliphatic carbocycles. The van der Waals surface area contributed by atoms with Gasteiger partial charge in [-0.05, 0) is 72.6 Å². The number of carboxylic acids is 1. The SMILES string of the molecule is CC(C)=CCCC(C)CCOC(=O)C(CCCNC(=O)OC(C)(C)C)C(=O)O. The van der Waals surface area contributed by atoms with Gasteiger partial charge in [0.25, 0.3) is 0 Å². The van der Waals surface area contributed by atoms with Crippen molar-refractivity contribution >= 4 is 18.0 Å². The molecule has 7 heteroatoms. The summed E-state index contributed by atoms with van der Waals surface area (Å²) in [5.41, 5.74) is 0.685. The second-order valence-corrected chi connectivity index (χ2v) is 8.38. The number of nitrogens with one attached hydrogen (secondary N) is 1. The van der Waals surface area contributed by atoms with Crippen molar-refractivity contribution in [2.75, 3.05) is 13.2 Å². The van der Waals surface area contributed by atoms with Gasteiger partial charge in [-0.2, -0.15) is 0 Å². The van der Waals surface area contributed by atoms with E-state index < -0.39 is 29.6 Å². The lowest BCUT2D eigenvalue weighted by atomic mass is 10.0. The van der Waals surface area contributed by atoms with E-state index in [1.807, 2.05) is 0 Å². The van der Waals surface area contributed by atoms with E-state index in [0.29, 0.717) is 18.8 Å². The quantitative estimate of drug-likeness (QED) is 0.219. The Morgan fingerprint density at radius 1 is 1.11 bits per heavy atom. The molecule has 28 heavy (non-hydrogen) atoms. The van der Waals surface area contributed by atoms with Crippen LogP contribution in [0, 0.1) is 11.8 Å². The van der Waals surface area contributed by atoms with Crippen LogP contribution in [0.15, 0.2) is 11.6 Å². The number of amides is 1. The van der Waals surface area contributed by atoms with Gasteiger partial charge in [-0.3, -0.25) is 9.59 Å². The van der Waals surface area contributed by atoms with Crippen LogP contribution in [0.25, 0.3) is 0 Å². The maximum atomic E-state index is 12.1. The van der Waals surface area contributed by atoms with Gasteiger partial charge >= 0.3 is 18.0 Å². The first kappa shape index (κ1) is 26.0. The summed E-state index contributed by atoms with van der Waals surface area (Å²) >= 11 is 0. The summed E-state index contributed by atoms with van der Waals surface area (Å²) in [7, 11) is 0. The fourth-order valence-electron chi connectivity index (χ4n) is 2.42. The fraction of sp³-hybridized carbons (Fsp3) is 0.762. The Morgan fingerprint density at radius 3 is 2.29 bits per heavy atom. The van der Waals surface area contributed by atoms with Crippen LogP contribution < -0.4 is 5.32 Å². The van der Waals surface area contributed by atoms with Crippen LogP contribution in [0.1, 0.15) is 73.6 Å². The highest BCUT2D eigenvalue weighted by molar-refractivity contribution is 5.93. The maximum absolute atomic E-state index is 12.1. The van der Waals surface area contributed by atoms with Gasteiger partial charge in [-0.25, -0.2) is 4.79 Å². The second-order valence-electron chi connectivity index (χ2n) is 8.38. The summed E-state index contributed by atoms with van der Waals surface area (Å²) in [4.78, 5) is 34.9. The van der Waals surface area contributed by atoms with Crippen LogP contribution >= 0.6 is 0 Å². The molecule has 0 aliphatic rings. The first-order valence-corrected chi connectivity index (χ1v) is 9.92. The number of aliphatic carboxylic acids is 1. The monoisotopic (exact) mass is 399 g/mol. The topological polar surface area (TPSA) is 102 Å². The predicted octanol–water partition coefficient (Wildman–Crippen LogP) is 4.31. The molecule has 2 atom stereocenters. The van der Waals surface area contributed by atoms with Gasteiger partial charge in [-0.1, -0.05) is 18.6 Å². The molecule has 0 radical (unpaired) electrons. The lowest BCUT2D eigenvalue weighted by Gasteiger charge is -2.19. The molecule has 0 heterocycles. The van der Waals surface area contributed by atoms with Crippen molar-refractivity contribution in [1.29, 1.82) is 0 Å². The maximum Gasteiger partial charge on any atom is 0.407 e. The molecule has 0 aromatic rings. The standard InChI is InChI=1S/C21H37NO6/c1-15(2)9-7-10-16(3)12-14-27-19(25)17(18(23)24)11-8-13-22-20(26)28-21(4,5)6/h9,16-17H,7-8,10-14H2,1-6H3,(H,22,26)(H,23,24). The molecule has 2 N–H and O–H groups in total. The highest BCUT2D eigenvalue weighted by Gasteiger charge is 2.27. The van der Waals surface area contributed by atoms with Crippen LogP contribution in [-0.2, 0) is 19.1 Å². The second kappa shape index (κ2) is 13.2. The Morgan fingerprint density at radius 2 is 1.75 bits per heavy atom. The number of hydrogen-bond acceptors (Lipinski definition) is 5. The summed E-state index contributed by atoms with van der Waals surface area (Å²) in [6.45, 7) is 11.9. The number of carbonyl (C=O) groups excluding carboxylic acids is 2. The smallest absolute Gasteiger partial charge is 0.407 e. The average molecular weight is 400 g/mol. The van der Waals surface area contributed by atoms with Crippen molar-refractivity contribution in [3.8, 4) is 0 Å². The molecule has 0 aliphatic heterocycles. The first-order valence-electron chi connectivity index (χ1n) is 9.92.